The third-order valence-corrected chi connectivity index (χ3v) is 5.29. The molecule has 1 heterocycles. The Morgan fingerprint density at radius 1 is 1.18 bits per heavy atom. The van der Waals surface area contributed by atoms with Gasteiger partial charge in [-0.3, -0.25) is 4.79 Å². The van der Waals surface area contributed by atoms with E-state index in [0.29, 0.717) is 11.8 Å². The number of nitrogens with zero attached hydrogens (tertiary/aromatic N) is 4. The van der Waals surface area contributed by atoms with Crippen LogP contribution in [0.1, 0.15) is 25.0 Å². The number of hydrogen-bond donors (Lipinski definition) is 1. The molecule has 1 amide bonds. The summed E-state index contributed by atoms with van der Waals surface area (Å²) in [5, 5.41) is 15.0. The van der Waals surface area contributed by atoms with Gasteiger partial charge in [0, 0.05) is 5.69 Å². The number of nitrogens with one attached hydrogen (secondary N) is 1. The first kappa shape index (κ1) is 19.9. The molecular formula is C20H23N5O2S. The van der Waals surface area contributed by atoms with Gasteiger partial charge in [-0.2, -0.15) is 4.68 Å². The second-order valence-electron chi connectivity index (χ2n) is 6.35. The second-order valence-corrected chi connectivity index (χ2v) is 7.66. The van der Waals surface area contributed by atoms with Gasteiger partial charge in [-0.05, 0) is 85.6 Å². The highest BCUT2D eigenvalue weighted by atomic mass is 32.2. The van der Waals surface area contributed by atoms with E-state index in [1.54, 1.807) is 4.68 Å². The maximum atomic E-state index is 12.6. The number of aryl methyl sites for hydroxylation is 2. The Balaban J connectivity index is 1.69. The molecule has 3 aromatic rings. The Bertz CT molecular complexity index is 955. The molecule has 0 aliphatic heterocycles. The summed E-state index contributed by atoms with van der Waals surface area (Å²) in [6, 6.07) is 13.4. The van der Waals surface area contributed by atoms with Crippen LogP contribution >= 0.6 is 11.8 Å². The zero-order chi connectivity index (χ0) is 20.1. The molecule has 0 unspecified atom stereocenters. The van der Waals surface area contributed by atoms with Crippen LogP contribution in [0.2, 0.25) is 0 Å². The lowest BCUT2D eigenvalue weighted by Gasteiger charge is -2.13. The van der Waals surface area contributed by atoms with E-state index >= 15 is 0 Å². The van der Waals surface area contributed by atoms with E-state index in [9.17, 15) is 4.79 Å². The van der Waals surface area contributed by atoms with E-state index in [-0.39, 0.29) is 11.2 Å². The van der Waals surface area contributed by atoms with Gasteiger partial charge >= 0.3 is 0 Å². The molecule has 0 radical (unpaired) electrons. The van der Waals surface area contributed by atoms with Crippen molar-refractivity contribution in [3.63, 3.8) is 0 Å². The van der Waals surface area contributed by atoms with Crippen LogP contribution in [0.15, 0.2) is 47.6 Å². The minimum absolute atomic E-state index is 0.102. The predicted molar refractivity (Wildman–Crippen MR) is 110 cm³/mol. The molecule has 28 heavy (non-hydrogen) atoms. The van der Waals surface area contributed by atoms with E-state index in [2.05, 4.69) is 20.8 Å². The first-order chi connectivity index (χ1) is 13.5. The molecule has 0 aliphatic rings. The number of carbonyl (C=O) groups excluding carboxylic acids is 1. The van der Waals surface area contributed by atoms with Crippen LogP contribution in [0, 0.1) is 13.8 Å². The molecule has 2 aromatic carbocycles. The predicted octanol–water partition coefficient (Wildman–Crippen LogP) is 3.80. The maximum Gasteiger partial charge on any atom is 0.237 e. The third kappa shape index (κ3) is 4.69. The van der Waals surface area contributed by atoms with E-state index in [1.807, 2.05) is 70.2 Å². The van der Waals surface area contributed by atoms with Crippen molar-refractivity contribution in [2.45, 2.75) is 38.1 Å². The van der Waals surface area contributed by atoms with Crippen molar-refractivity contribution in [3.05, 3.63) is 53.6 Å². The number of anilines is 1. The summed E-state index contributed by atoms with van der Waals surface area (Å²) < 4.78 is 7.07. The number of amides is 1. The second kappa shape index (κ2) is 8.88. The Labute approximate surface area is 168 Å². The van der Waals surface area contributed by atoms with E-state index in [4.69, 9.17) is 4.74 Å². The molecule has 0 bridgehead atoms. The highest BCUT2D eigenvalue weighted by Gasteiger charge is 2.19. The molecular weight excluding hydrogens is 374 g/mol. The molecule has 8 heteroatoms. The van der Waals surface area contributed by atoms with Gasteiger partial charge in [0.1, 0.15) is 5.75 Å². The van der Waals surface area contributed by atoms with Crippen molar-refractivity contribution >= 4 is 23.4 Å². The quantitative estimate of drug-likeness (QED) is 0.611. The van der Waals surface area contributed by atoms with Crippen molar-refractivity contribution in [1.29, 1.82) is 0 Å². The van der Waals surface area contributed by atoms with Gasteiger partial charge in [0.05, 0.1) is 17.5 Å². The number of ether oxygens (including phenoxy) is 1. The lowest BCUT2D eigenvalue weighted by atomic mass is 10.1. The van der Waals surface area contributed by atoms with Gasteiger partial charge in [-0.25, -0.2) is 0 Å². The molecule has 0 fully saturated rings. The highest BCUT2D eigenvalue weighted by Crippen LogP contribution is 2.25. The summed E-state index contributed by atoms with van der Waals surface area (Å²) in [6.07, 6.45) is 0. The number of thioether (sulfide) groups is 1. The zero-order valence-corrected chi connectivity index (χ0v) is 17.2. The first-order valence-electron chi connectivity index (χ1n) is 9.04. The average Bonchev–Trinajstić information content (AvgIpc) is 3.13. The van der Waals surface area contributed by atoms with Gasteiger partial charge in [0.25, 0.3) is 0 Å². The topological polar surface area (TPSA) is 81.9 Å². The number of hydrogen-bond acceptors (Lipinski definition) is 6. The van der Waals surface area contributed by atoms with E-state index in [0.717, 1.165) is 22.7 Å². The van der Waals surface area contributed by atoms with Crippen molar-refractivity contribution in [2.75, 3.05) is 11.9 Å². The minimum Gasteiger partial charge on any atom is -0.494 e. The largest absolute Gasteiger partial charge is 0.494 e. The maximum absolute atomic E-state index is 12.6. The van der Waals surface area contributed by atoms with Crippen LogP contribution in [-0.4, -0.2) is 38.0 Å². The Kier molecular flexibility index (Phi) is 6.30. The fraction of sp³-hybridized carbons (Fsp3) is 0.300. The molecule has 0 saturated heterocycles. The minimum atomic E-state index is -0.367. The number of rotatable bonds is 7. The summed E-state index contributed by atoms with van der Waals surface area (Å²) in [4.78, 5) is 12.6. The van der Waals surface area contributed by atoms with Crippen LogP contribution in [-0.2, 0) is 4.79 Å². The summed E-state index contributed by atoms with van der Waals surface area (Å²) in [7, 11) is 0. The smallest absolute Gasteiger partial charge is 0.237 e. The van der Waals surface area contributed by atoms with Crippen LogP contribution in [0.4, 0.5) is 5.69 Å². The summed E-state index contributed by atoms with van der Waals surface area (Å²) in [5.41, 5.74) is 3.91. The van der Waals surface area contributed by atoms with Crippen LogP contribution in [0.5, 0.6) is 5.75 Å². The number of tetrazole rings is 1. The lowest BCUT2D eigenvalue weighted by Crippen LogP contribution is -2.23. The SMILES string of the molecule is CCOc1ccc(-n2nnnc2S[C@H](C)C(=O)Nc2ccc(C)c(C)c2)cc1. The highest BCUT2D eigenvalue weighted by molar-refractivity contribution is 8.00. The fourth-order valence-electron chi connectivity index (χ4n) is 2.54. The Morgan fingerprint density at radius 2 is 1.93 bits per heavy atom. The summed E-state index contributed by atoms with van der Waals surface area (Å²) in [6.45, 7) is 8.44. The van der Waals surface area contributed by atoms with E-state index < -0.39 is 0 Å². The van der Waals surface area contributed by atoms with Crippen molar-refractivity contribution < 1.29 is 9.53 Å². The van der Waals surface area contributed by atoms with Crippen molar-refractivity contribution in [2.24, 2.45) is 0 Å². The zero-order valence-electron chi connectivity index (χ0n) is 16.3. The molecule has 3 rings (SSSR count). The molecule has 7 nitrogen and oxygen atoms in total. The Morgan fingerprint density at radius 3 is 2.61 bits per heavy atom. The average molecular weight is 398 g/mol. The molecule has 0 saturated carbocycles. The molecule has 1 atom stereocenters. The monoisotopic (exact) mass is 397 g/mol. The van der Waals surface area contributed by atoms with Gasteiger partial charge in [0.15, 0.2) is 0 Å². The molecule has 1 N–H and O–H groups in total. The number of aromatic nitrogens is 4. The standard InChI is InChI=1S/C20H23N5O2S/c1-5-27-18-10-8-17(9-11-18)25-20(22-23-24-25)28-15(4)19(26)21-16-7-6-13(2)14(3)12-16/h6-12,15H,5H2,1-4H3,(H,21,26)/t15-/m1/s1. The number of benzene rings is 2. The van der Waals surface area contributed by atoms with Crippen LogP contribution in [0.25, 0.3) is 5.69 Å². The fourth-order valence-corrected chi connectivity index (χ4v) is 3.35. The van der Waals surface area contributed by atoms with Crippen molar-refractivity contribution in [3.8, 4) is 11.4 Å². The third-order valence-electron chi connectivity index (χ3n) is 4.26. The van der Waals surface area contributed by atoms with Gasteiger partial charge < -0.3 is 10.1 Å². The first-order valence-corrected chi connectivity index (χ1v) is 9.92. The van der Waals surface area contributed by atoms with E-state index in [1.165, 1.54) is 17.3 Å². The lowest BCUT2D eigenvalue weighted by molar-refractivity contribution is -0.115. The molecule has 0 spiro atoms. The molecule has 1 aromatic heterocycles. The summed E-state index contributed by atoms with van der Waals surface area (Å²) >= 11 is 1.30. The van der Waals surface area contributed by atoms with Gasteiger partial charge in [-0.1, -0.05) is 17.8 Å². The van der Waals surface area contributed by atoms with Gasteiger partial charge in [0.2, 0.25) is 11.1 Å². The van der Waals surface area contributed by atoms with Gasteiger partial charge in [-0.15, -0.1) is 5.10 Å². The number of carbonyl (C=O) groups is 1. The molecule has 146 valence electrons. The molecule has 0 aliphatic carbocycles. The van der Waals surface area contributed by atoms with Crippen LogP contribution in [0.3, 0.4) is 0 Å². The normalized spacial score (nSPS) is 11.9. The summed E-state index contributed by atoms with van der Waals surface area (Å²) in [5.74, 6) is 0.684. The van der Waals surface area contributed by atoms with Crippen LogP contribution < -0.4 is 10.1 Å². The Hall–Kier alpha value is -2.87. The van der Waals surface area contributed by atoms with Crippen molar-refractivity contribution in [1.82, 2.24) is 20.2 Å².